The number of carboxylic acid groups (broad SMARTS) is 1. The zero-order valence-electron chi connectivity index (χ0n) is 11.3. The maximum Gasteiger partial charge on any atom is 0.453 e. The molecule has 6 nitrogen and oxygen atoms in total. The van der Waals surface area contributed by atoms with Crippen LogP contribution in [-0.2, 0) is 14.3 Å². The van der Waals surface area contributed by atoms with Gasteiger partial charge in [-0.2, -0.15) is 0 Å². The average Bonchev–Trinajstić information content (AvgIpc) is 2.78. The lowest BCUT2D eigenvalue weighted by atomic mass is 10.1. The van der Waals surface area contributed by atoms with Crippen LogP contribution in [0.4, 0.5) is 0 Å². The Kier molecular flexibility index (Phi) is 3.83. The molecule has 0 unspecified atom stereocenters. The molecular weight excluding hydrogens is 264 g/mol. The summed E-state index contributed by atoms with van der Waals surface area (Å²) >= 11 is 0. The molecule has 1 aromatic rings. The van der Waals surface area contributed by atoms with Gasteiger partial charge in [0.25, 0.3) is 0 Å². The monoisotopic (exact) mass is 280 g/mol. The summed E-state index contributed by atoms with van der Waals surface area (Å²) in [5.74, 6) is -4.29. The van der Waals surface area contributed by atoms with Gasteiger partial charge in [-0.3, -0.25) is 0 Å². The fourth-order valence-corrected chi connectivity index (χ4v) is 1.69. The molecule has 0 bridgehead atoms. The van der Waals surface area contributed by atoms with Crippen molar-refractivity contribution in [2.75, 3.05) is 6.61 Å². The van der Waals surface area contributed by atoms with Crippen LogP contribution >= 0.6 is 0 Å². The standard InChI is InChI=1S/C14H16O6/c1-9(2)7-8-18-13(17)14(12(15)16)19-10-5-3-4-6-11(10)20-14/h3-6,9H,7-8H2,1-2H3,(H,15,16). The Balaban J connectivity index is 2.13. The van der Waals surface area contributed by atoms with E-state index in [0.717, 1.165) is 0 Å². The summed E-state index contributed by atoms with van der Waals surface area (Å²) in [5, 5.41) is 9.26. The van der Waals surface area contributed by atoms with Gasteiger partial charge in [-0.25, -0.2) is 9.59 Å². The summed E-state index contributed by atoms with van der Waals surface area (Å²) in [6.07, 6.45) is 0.633. The molecule has 6 heteroatoms. The minimum Gasteiger partial charge on any atom is -0.475 e. The Hall–Kier alpha value is -2.24. The summed E-state index contributed by atoms with van der Waals surface area (Å²) in [6, 6.07) is 6.37. The first-order valence-electron chi connectivity index (χ1n) is 6.33. The van der Waals surface area contributed by atoms with Crippen molar-refractivity contribution in [1.29, 1.82) is 0 Å². The number of hydrogen-bond acceptors (Lipinski definition) is 5. The van der Waals surface area contributed by atoms with Crippen molar-refractivity contribution < 1.29 is 28.9 Å². The van der Waals surface area contributed by atoms with Gasteiger partial charge in [-0.15, -0.1) is 0 Å². The van der Waals surface area contributed by atoms with Crippen molar-refractivity contribution in [1.82, 2.24) is 0 Å². The van der Waals surface area contributed by atoms with Crippen LogP contribution in [0.3, 0.4) is 0 Å². The Morgan fingerprint density at radius 3 is 2.25 bits per heavy atom. The second-order valence-corrected chi connectivity index (χ2v) is 4.89. The number of aliphatic carboxylic acids is 1. The van der Waals surface area contributed by atoms with Crippen LogP contribution in [0.5, 0.6) is 11.5 Å². The summed E-state index contributed by atoms with van der Waals surface area (Å²) in [5.41, 5.74) is 0. The molecule has 0 amide bonds. The largest absolute Gasteiger partial charge is 0.475 e. The highest BCUT2D eigenvalue weighted by Gasteiger charge is 2.58. The zero-order valence-corrected chi connectivity index (χ0v) is 11.3. The predicted octanol–water partition coefficient (Wildman–Crippen LogP) is 1.83. The molecule has 1 N–H and O–H groups in total. The number of carbonyl (C=O) groups excluding carboxylic acids is 1. The topological polar surface area (TPSA) is 82.1 Å². The number of hydrogen-bond donors (Lipinski definition) is 1. The Morgan fingerprint density at radius 1 is 1.25 bits per heavy atom. The molecule has 1 heterocycles. The molecule has 1 aliphatic rings. The van der Waals surface area contributed by atoms with E-state index in [9.17, 15) is 14.7 Å². The fraction of sp³-hybridized carbons (Fsp3) is 0.429. The van der Waals surface area contributed by atoms with Crippen LogP contribution < -0.4 is 9.47 Å². The van der Waals surface area contributed by atoms with E-state index in [1.54, 1.807) is 12.1 Å². The summed E-state index contributed by atoms with van der Waals surface area (Å²) < 4.78 is 15.3. The van der Waals surface area contributed by atoms with E-state index in [1.165, 1.54) is 12.1 Å². The molecular formula is C14H16O6. The predicted molar refractivity (Wildman–Crippen MR) is 68.5 cm³/mol. The van der Waals surface area contributed by atoms with Gasteiger partial charge >= 0.3 is 17.7 Å². The molecule has 0 aromatic heterocycles. The van der Waals surface area contributed by atoms with E-state index < -0.39 is 17.7 Å². The van der Waals surface area contributed by atoms with Crippen LogP contribution in [-0.4, -0.2) is 29.4 Å². The first-order valence-corrected chi connectivity index (χ1v) is 6.33. The molecule has 0 aliphatic carbocycles. The number of ether oxygens (including phenoxy) is 3. The number of carboxylic acids is 1. The van der Waals surface area contributed by atoms with Crippen molar-refractivity contribution >= 4 is 11.9 Å². The summed E-state index contributed by atoms with van der Waals surface area (Å²) in [6.45, 7) is 4.06. The van der Waals surface area contributed by atoms with Gasteiger partial charge in [0.15, 0.2) is 11.5 Å². The molecule has 20 heavy (non-hydrogen) atoms. The van der Waals surface area contributed by atoms with Crippen LogP contribution in [0.25, 0.3) is 0 Å². The molecule has 0 saturated carbocycles. The van der Waals surface area contributed by atoms with Gasteiger partial charge < -0.3 is 19.3 Å². The SMILES string of the molecule is CC(C)CCOC(=O)C1(C(=O)O)Oc2ccccc2O1. The molecule has 0 fully saturated rings. The molecule has 0 spiro atoms. The first kappa shape index (κ1) is 14.2. The average molecular weight is 280 g/mol. The van der Waals surface area contributed by atoms with E-state index >= 15 is 0 Å². The number of para-hydroxylation sites is 2. The molecule has 0 radical (unpaired) electrons. The highest BCUT2D eigenvalue weighted by molar-refractivity contribution is 6.02. The van der Waals surface area contributed by atoms with Gasteiger partial charge in [0.05, 0.1) is 6.61 Å². The van der Waals surface area contributed by atoms with Crippen molar-refractivity contribution in [3.05, 3.63) is 24.3 Å². The van der Waals surface area contributed by atoms with Crippen molar-refractivity contribution in [3.63, 3.8) is 0 Å². The maximum absolute atomic E-state index is 12.0. The summed E-state index contributed by atoms with van der Waals surface area (Å²) in [4.78, 5) is 23.4. The second-order valence-electron chi connectivity index (χ2n) is 4.89. The van der Waals surface area contributed by atoms with Gasteiger partial charge in [0.1, 0.15) is 0 Å². The van der Waals surface area contributed by atoms with Gasteiger partial charge in [0.2, 0.25) is 0 Å². The van der Waals surface area contributed by atoms with Crippen LogP contribution in [0.2, 0.25) is 0 Å². The Bertz CT molecular complexity index is 497. The number of esters is 1. The molecule has 0 atom stereocenters. The molecule has 1 aromatic carbocycles. The van der Waals surface area contributed by atoms with E-state index in [4.69, 9.17) is 14.2 Å². The maximum atomic E-state index is 12.0. The number of fused-ring (bicyclic) bond motifs is 1. The van der Waals surface area contributed by atoms with Gasteiger partial charge in [-0.1, -0.05) is 26.0 Å². The zero-order chi connectivity index (χ0) is 14.8. The van der Waals surface area contributed by atoms with Crippen LogP contribution in [0.1, 0.15) is 20.3 Å². The molecule has 108 valence electrons. The highest BCUT2D eigenvalue weighted by atomic mass is 16.8. The minimum atomic E-state index is -2.44. The lowest BCUT2D eigenvalue weighted by Crippen LogP contribution is -2.55. The molecule has 2 rings (SSSR count). The van der Waals surface area contributed by atoms with E-state index in [1.807, 2.05) is 13.8 Å². The third kappa shape index (κ3) is 2.54. The number of rotatable bonds is 5. The third-order valence-corrected chi connectivity index (χ3v) is 2.84. The molecule has 0 saturated heterocycles. The van der Waals surface area contributed by atoms with Gasteiger partial charge in [-0.05, 0) is 24.5 Å². The van der Waals surface area contributed by atoms with E-state index in [0.29, 0.717) is 12.3 Å². The first-order chi connectivity index (χ1) is 9.45. The Morgan fingerprint density at radius 2 is 1.80 bits per heavy atom. The van der Waals surface area contributed by atoms with Crippen molar-refractivity contribution in [3.8, 4) is 11.5 Å². The van der Waals surface area contributed by atoms with E-state index in [2.05, 4.69) is 0 Å². The third-order valence-electron chi connectivity index (χ3n) is 2.84. The second kappa shape index (κ2) is 5.40. The minimum absolute atomic E-state index is 0.120. The van der Waals surface area contributed by atoms with E-state index in [-0.39, 0.29) is 18.1 Å². The summed E-state index contributed by atoms with van der Waals surface area (Å²) in [7, 11) is 0. The van der Waals surface area contributed by atoms with Crippen molar-refractivity contribution in [2.45, 2.75) is 26.1 Å². The fourth-order valence-electron chi connectivity index (χ4n) is 1.69. The quantitative estimate of drug-likeness (QED) is 0.654. The lowest BCUT2D eigenvalue weighted by Gasteiger charge is -2.20. The molecule has 1 aliphatic heterocycles. The number of benzene rings is 1. The normalized spacial score (nSPS) is 15.2. The Labute approximate surface area is 116 Å². The van der Waals surface area contributed by atoms with Crippen LogP contribution in [0.15, 0.2) is 24.3 Å². The van der Waals surface area contributed by atoms with Crippen molar-refractivity contribution in [2.24, 2.45) is 5.92 Å². The smallest absolute Gasteiger partial charge is 0.453 e. The van der Waals surface area contributed by atoms with Gasteiger partial charge in [0, 0.05) is 0 Å². The van der Waals surface area contributed by atoms with Crippen LogP contribution in [0, 0.1) is 5.92 Å². The number of carbonyl (C=O) groups is 2. The highest BCUT2D eigenvalue weighted by Crippen LogP contribution is 2.39. The lowest BCUT2D eigenvalue weighted by molar-refractivity contribution is -0.198.